The van der Waals surface area contributed by atoms with Crippen LogP contribution in [0.1, 0.15) is 31.1 Å². The number of aromatic carboxylic acids is 1. The third-order valence-electron chi connectivity index (χ3n) is 4.01. The van der Waals surface area contributed by atoms with E-state index in [9.17, 15) is 24.3 Å². The molecule has 0 aromatic heterocycles. The second kappa shape index (κ2) is 7.72. The van der Waals surface area contributed by atoms with E-state index in [4.69, 9.17) is 51.5 Å². The molecule has 0 fully saturated rings. The first-order valence-corrected chi connectivity index (χ1v) is 9.14. The summed E-state index contributed by atoms with van der Waals surface area (Å²) < 4.78 is 0. The van der Waals surface area contributed by atoms with Crippen LogP contribution in [0.2, 0.25) is 20.1 Å². The summed E-state index contributed by atoms with van der Waals surface area (Å²) in [4.78, 5) is 48.9. The molecule has 0 saturated carbocycles. The number of hydrogen-bond acceptors (Lipinski definition) is 5. The van der Waals surface area contributed by atoms with Crippen LogP contribution in [-0.2, 0) is 4.79 Å². The minimum atomic E-state index is -1.27. The summed E-state index contributed by atoms with van der Waals surface area (Å²) in [5, 5.41) is 20.1. The molecule has 2 aromatic rings. The molecule has 0 aliphatic carbocycles. The van der Waals surface area contributed by atoms with E-state index in [0.29, 0.717) is 4.90 Å². The third kappa shape index (κ3) is 3.60. The lowest BCUT2D eigenvalue weighted by molar-refractivity contribution is -0.116. The highest BCUT2D eigenvalue weighted by atomic mass is 35.5. The molecule has 1 aliphatic rings. The quantitative estimate of drug-likeness (QED) is 0.265. The summed E-state index contributed by atoms with van der Waals surface area (Å²) in [6.07, 6.45) is 0. The molecule has 12 heteroatoms. The molecule has 0 spiro atoms. The maximum absolute atomic E-state index is 12.6. The zero-order chi connectivity index (χ0) is 21.6. The fourth-order valence-corrected chi connectivity index (χ4v) is 3.66. The number of nitrogens with zero attached hydrogens (tertiary/aromatic N) is 1. The fourth-order valence-electron chi connectivity index (χ4n) is 2.64. The van der Waals surface area contributed by atoms with Crippen molar-refractivity contribution >= 4 is 75.8 Å². The molecule has 0 atom stereocenters. The number of phenols is 1. The van der Waals surface area contributed by atoms with E-state index in [1.165, 1.54) is 0 Å². The van der Waals surface area contributed by atoms with Gasteiger partial charge in [0.05, 0.1) is 42.5 Å². The Kier molecular flexibility index (Phi) is 5.64. The Morgan fingerprint density at radius 3 is 1.90 bits per heavy atom. The van der Waals surface area contributed by atoms with E-state index in [0.717, 1.165) is 18.2 Å². The van der Waals surface area contributed by atoms with E-state index in [2.05, 4.69) is 5.32 Å². The standard InChI is InChI=1S/C17H8Cl4N2O6/c18-11-9-10(12(19)14(21)13(11)20)16(27)23(15(9)26)4-8(25)22-6-2-1-5(17(28)29)3-7(6)24/h1-3,24H,4H2,(H,22,25)(H,28,29). The number of hydrogen-bond donors (Lipinski definition) is 3. The molecule has 0 bridgehead atoms. The van der Waals surface area contributed by atoms with Crippen LogP contribution in [0.25, 0.3) is 0 Å². The monoisotopic (exact) mass is 476 g/mol. The Balaban J connectivity index is 1.84. The highest BCUT2D eigenvalue weighted by Crippen LogP contribution is 2.44. The minimum Gasteiger partial charge on any atom is -0.506 e. The molecule has 0 unspecified atom stereocenters. The molecular weight excluding hydrogens is 470 g/mol. The Morgan fingerprint density at radius 1 is 0.931 bits per heavy atom. The van der Waals surface area contributed by atoms with Gasteiger partial charge in [-0.15, -0.1) is 0 Å². The van der Waals surface area contributed by atoms with Gasteiger partial charge in [-0.2, -0.15) is 0 Å². The molecule has 3 rings (SSSR count). The third-order valence-corrected chi connectivity index (χ3v) is 5.81. The summed E-state index contributed by atoms with van der Waals surface area (Å²) in [6, 6.07) is 3.25. The summed E-state index contributed by atoms with van der Waals surface area (Å²) in [6.45, 7) is -0.728. The van der Waals surface area contributed by atoms with Crippen LogP contribution in [-0.4, -0.2) is 45.3 Å². The summed E-state index contributed by atoms with van der Waals surface area (Å²) >= 11 is 23.9. The number of carboxylic acid groups (broad SMARTS) is 1. The Hall–Kier alpha value is -2.52. The minimum absolute atomic E-state index is 0.112. The van der Waals surface area contributed by atoms with Crippen LogP contribution in [0.3, 0.4) is 0 Å². The number of carbonyl (C=O) groups excluding carboxylic acids is 3. The van der Waals surface area contributed by atoms with Crippen molar-refractivity contribution in [3.8, 4) is 5.75 Å². The molecule has 1 aliphatic heterocycles. The number of nitrogens with one attached hydrogen (secondary N) is 1. The lowest BCUT2D eigenvalue weighted by atomic mass is 10.1. The molecule has 150 valence electrons. The van der Waals surface area contributed by atoms with Crippen molar-refractivity contribution in [2.45, 2.75) is 0 Å². The van der Waals surface area contributed by atoms with Crippen molar-refractivity contribution in [2.24, 2.45) is 0 Å². The second-order valence-corrected chi connectivity index (χ2v) is 7.30. The van der Waals surface area contributed by atoms with Crippen LogP contribution >= 0.6 is 46.4 Å². The van der Waals surface area contributed by atoms with Crippen LogP contribution < -0.4 is 5.32 Å². The van der Waals surface area contributed by atoms with E-state index < -0.39 is 36.0 Å². The van der Waals surface area contributed by atoms with Crippen molar-refractivity contribution in [1.29, 1.82) is 0 Å². The molecule has 0 radical (unpaired) electrons. The van der Waals surface area contributed by atoms with E-state index >= 15 is 0 Å². The molecular formula is C17H8Cl4N2O6. The summed E-state index contributed by atoms with van der Waals surface area (Å²) in [5.41, 5.74) is -0.840. The van der Waals surface area contributed by atoms with E-state index in [1.54, 1.807) is 0 Å². The molecule has 1 heterocycles. The summed E-state index contributed by atoms with van der Waals surface area (Å²) in [5.74, 6) is -4.41. The number of aromatic hydroxyl groups is 1. The lowest BCUT2D eigenvalue weighted by Crippen LogP contribution is -2.37. The van der Waals surface area contributed by atoms with Crippen molar-refractivity contribution in [3.05, 3.63) is 55.0 Å². The summed E-state index contributed by atoms with van der Waals surface area (Å²) in [7, 11) is 0. The molecule has 3 N–H and O–H groups in total. The van der Waals surface area contributed by atoms with Crippen molar-refractivity contribution < 1.29 is 29.4 Å². The predicted octanol–water partition coefficient (Wildman–Crippen LogP) is 3.94. The average Bonchev–Trinajstić information content (AvgIpc) is 2.90. The lowest BCUT2D eigenvalue weighted by Gasteiger charge is -2.14. The first kappa shape index (κ1) is 21.2. The van der Waals surface area contributed by atoms with Gasteiger partial charge in [0.15, 0.2) is 0 Å². The maximum Gasteiger partial charge on any atom is 0.335 e. The molecule has 8 nitrogen and oxygen atoms in total. The fraction of sp³-hybridized carbons (Fsp3) is 0.0588. The van der Waals surface area contributed by atoms with Gasteiger partial charge in [-0.3, -0.25) is 19.3 Å². The highest BCUT2D eigenvalue weighted by molar-refractivity contribution is 6.55. The second-order valence-electron chi connectivity index (χ2n) is 5.79. The number of fused-ring (bicyclic) bond motifs is 1. The first-order valence-electron chi connectivity index (χ1n) is 7.62. The van der Waals surface area contributed by atoms with Gasteiger partial charge in [0, 0.05) is 0 Å². The van der Waals surface area contributed by atoms with Gasteiger partial charge < -0.3 is 15.5 Å². The smallest absolute Gasteiger partial charge is 0.335 e. The van der Waals surface area contributed by atoms with Crippen LogP contribution in [0.15, 0.2) is 18.2 Å². The van der Waals surface area contributed by atoms with Crippen molar-refractivity contribution in [3.63, 3.8) is 0 Å². The number of amides is 3. The number of imide groups is 1. The van der Waals surface area contributed by atoms with Crippen LogP contribution in [0.4, 0.5) is 5.69 Å². The predicted molar refractivity (Wildman–Crippen MR) is 106 cm³/mol. The average molecular weight is 478 g/mol. The normalized spacial score (nSPS) is 12.9. The molecule has 29 heavy (non-hydrogen) atoms. The Morgan fingerprint density at radius 2 is 1.45 bits per heavy atom. The van der Waals surface area contributed by atoms with Crippen LogP contribution in [0.5, 0.6) is 5.75 Å². The number of phenolic OH excluding ortho intramolecular Hbond substituents is 1. The van der Waals surface area contributed by atoms with Crippen molar-refractivity contribution in [2.75, 3.05) is 11.9 Å². The van der Waals surface area contributed by atoms with Gasteiger partial charge in [0.2, 0.25) is 5.91 Å². The Labute approximate surface area is 182 Å². The van der Waals surface area contributed by atoms with Gasteiger partial charge in [-0.25, -0.2) is 4.79 Å². The van der Waals surface area contributed by atoms with Gasteiger partial charge in [0.25, 0.3) is 11.8 Å². The number of halogens is 4. The van der Waals surface area contributed by atoms with E-state index in [1.807, 2.05) is 0 Å². The number of rotatable bonds is 4. The van der Waals surface area contributed by atoms with E-state index in [-0.39, 0.29) is 42.5 Å². The molecule has 0 saturated heterocycles. The zero-order valence-electron chi connectivity index (χ0n) is 13.9. The van der Waals surface area contributed by atoms with Crippen LogP contribution in [0, 0.1) is 0 Å². The number of carboxylic acids is 1. The largest absolute Gasteiger partial charge is 0.506 e. The van der Waals surface area contributed by atoms with Gasteiger partial charge in [-0.05, 0) is 18.2 Å². The molecule has 2 aromatic carbocycles. The van der Waals surface area contributed by atoms with Crippen molar-refractivity contribution in [1.82, 2.24) is 4.90 Å². The topological polar surface area (TPSA) is 124 Å². The van der Waals surface area contributed by atoms with Gasteiger partial charge in [0.1, 0.15) is 12.3 Å². The SMILES string of the molecule is O=C(CN1C(=O)c2c(Cl)c(Cl)c(Cl)c(Cl)c2C1=O)Nc1ccc(C(=O)O)cc1O. The number of anilines is 1. The molecule has 3 amide bonds. The van der Waals surface area contributed by atoms with Gasteiger partial charge in [-0.1, -0.05) is 46.4 Å². The highest BCUT2D eigenvalue weighted by Gasteiger charge is 2.42. The first-order chi connectivity index (χ1) is 13.5. The maximum atomic E-state index is 12.6. The van der Waals surface area contributed by atoms with Gasteiger partial charge >= 0.3 is 5.97 Å². The zero-order valence-corrected chi connectivity index (χ0v) is 16.9. The number of carbonyl (C=O) groups is 4. The Bertz CT molecular complexity index is 1070. The number of benzene rings is 2.